The predicted molar refractivity (Wildman–Crippen MR) is 64.2 cm³/mol. The Bertz CT molecular complexity index is 475. The van der Waals surface area contributed by atoms with E-state index in [-0.39, 0.29) is 5.78 Å². The van der Waals surface area contributed by atoms with Crippen LogP contribution in [0.4, 0.5) is 0 Å². The van der Waals surface area contributed by atoms with Crippen molar-refractivity contribution in [2.75, 3.05) is 6.54 Å². The maximum absolute atomic E-state index is 11.5. The maximum atomic E-state index is 11.5. The van der Waals surface area contributed by atoms with Crippen molar-refractivity contribution >= 4 is 27.2 Å². The third-order valence-corrected chi connectivity index (χ3v) is 3.38. The van der Waals surface area contributed by atoms with E-state index in [2.05, 4.69) is 17.5 Å². The normalized spacial score (nSPS) is 10.7. The molecule has 2 nitrogen and oxygen atoms in total. The molecule has 0 aliphatic carbocycles. The number of hydrogen-bond acceptors (Lipinski definition) is 3. The quantitative estimate of drug-likeness (QED) is 0.857. The molecule has 0 radical (unpaired) electrons. The maximum Gasteiger partial charge on any atom is 0.138 e. The number of carbonyl (C=O) groups is 1. The molecule has 2 rings (SSSR count). The first-order valence-corrected chi connectivity index (χ1v) is 5.86. The summed E-state index contributed by atoms with van der Waals surface area (Å²) in [7, 11) is 0. The molecule has 0 saturated heterocycles. The van der Waals surface area contributed by atoms with Crippen molar-refractivity contribution in [3.8, 4) is 0 Å². The van der Waals surface area contributed by atoms with Crippen molar-refractivity contribution in [2.24, 2.45) is 5.73 Å². The molecule has 0 aliphatic heterocycles. The van der Waals surface area contributed by atoms with E-state index in [4.69, 9.17) is 5.73 Å². The average molecular weight is 219 g/mol. The highest BCUT2D eigenvalue weighted by Gasteiger charge is 2.07. The zero-order chi connectivity index (χ0) is 10.7. The number of nitrogens with two attached hydrogens (primary N) is 1. The molecule has 0 unspecified atom stereocenters. The molecule has 0 spiro atoms. The highest BCUT2D eigenvalue weighted by Crippen LogP contribution is 2.26. The van der Waals surface area contributed by atoms with Crippen LogP contribution in [0.1, 0.15) is 12.0 Å². The first-order chi connectivity index (χ1) is 7.31. The molecule has 0 saturated carbocycles. The molecule has 0 amide bonds. The zero-order valence-electron chi connectivity index (χ0n) is 8.40. The van der Waals surface area contributed by atoms with Crippen molar-refractivity contribution in [3.63, 3.8) is 0 Å². The molecule has 0 bridgehead atoms. The van der Waals surface area contributed by atoms with Crippen molar-refractivity contribution in [1.82, 2.24) is 0 Å². The van der Waals surface area contributed by atoms with Crippen molar-refractivity contribution < 1.29 is 4.79 Å². The Balaban J connectivity index is 2.25. The van der Waals surface area contributed by atoms with Crippen LogP contribution in [0.5, 0.6) is 0 Å². The summed E-state index contributed by atoms with van der Waals surface area (Å²) >= 11 is 1.69. The van der Waals surface area contributed by atoms with Gasteiger partial charge in [-0.2, -0.15) is 0 Å². The summed E-state index contributed by atoms with van der Waals surface area (Å²) < 4.78 is 1.24. The van der Waals surface area contributed by atoms with E-state index in [1.54, 1.807) is 11.3 Å². The summed E-state index contributed by atoms with van der Waals surface area (Å²) in [4.78, 5) is 11.5. The minimum absolute atomic E-state index is 0.223. The van der Waals surface area contributed by atoms with Crippen molar-refractivity contribution in [1.29, 1.82) is 0 Å². The Labute approximate surface area is 92.7 Å². The molecular formula is C12H13NOS. The van der Waals surface area contributed by atoms with Gasteiger partial charge in [0.05, 0.1) is 0 Å². The van der Waals surface area contributed by atoms with Gasteiger partial charge >= 0.3 is 0 Å². The number of carbonyl (C=O) groups excluding carboxylic acids is 1. The van der Waals surface area contributed by atoms with E-state index in [9.17, 15) is 4.79 Å². The van der Waals surface area contributed by atoms with Crippen molar-refractivity contribution in [2.45, 2.75) is 12.8 Å². The average Bonchev–Trinajstić information content (AvgIpc) is 2.62. The van der Waals surface area contributed by atoms with E-state index in [1.165, 1.54) is 10.1 Å². The second-order valence-corrected chi connectivity index (χ2v) is 4.42. The molecule has 15 heavy (non-hydrogen) atoms. The number of ketones is 1. The van der Waals surface area contributed by atoms with Crippen LogP contribution in [-0.2, 0) is 11.2 Å². The third-order valence-electron chi connectivity index (χ3n) is 2.37. The molecular weight excluding hydrogens is 206 g/mol. The van der Waals surface area contributed by atoms with Gasteiger partial charge in [-0.3, -0.25) is 4.79 Å². The monoisotopic (exact) mass is 219 g/mol. The standard InChI is InChI=1S/C12H13NOS/c13-6-5-10(14)7-9-8-15-12-4-2-1-3-11(9)12/h1-4,8H,5-7,13H2. The lowest BCUT2D eigenvalue weighted by Gasteiger charge is -1.97. The lowest BCUT2D eigenvalue weighted by Crippen LogP contribution is -2.09. The number of hydrogen-bond donors (Lipinski definition) is 1. The van der Waals surface area contributed by atoms with E-state index >= 15 is 0 Å². The smallest absolute Gasteiger partial charge is 0.138 e. The molecule has 1 heterocycles. The van der Waals surface area contributed by atoms with Crippen LogP contribution < -0.4 is 5.73 Å². The van der Waals surface area contributed by atoms with Crippen LogP contribution in [0.25, 0.3) is 10.1 Å². The Morgan fingerprint density at radius 3 is 2.93 bits per heavy atom. The van der Waals surface area contributed by atoms with Gasteiger partial charge in [-0.05, 0) is 28.9 Å². The van der Waals surface area contributed by atoms with Crippen LogP contribution in [0, 0.1) is 0 Å². The molecule has 2 N–H and O–H groups in total. The summed E-state index contributed by atoms with van der Waals surface area (Å²) in [5.74, 6) is 0.223. The molecule has 0 aliphatic rings. The number of benzene rings is 1. The lowest BCUT2D eigenvalue weighted by molar-refractivity contribution is -0.118. The molecule has 1 aromatic heterocycles. The van der Waals surface area contributed by atoms with Gasteiger partial charge < -0.3 is 5.73 Å². The highest BCUT2D eigenvalue weighted by molar-refractivity contribution is 7.17. The Kier molecular flexibility index (Phi) is 3.14. The largest absolute Gasteiger partial charge is 0.330 e. The van der Waals surface area contributed by atoms with Gasteiger partial charge in [0.1, 0.15) is 5.78 Å². The zero-order valence-corrected chi connectivity index (χ0v) is 9.22. The highest BCUT2D eigenvalue weighted by atomic mass is 32.1. The fraction of sp³-hybridized carbons (Fsp3) is 0.250. The summed E-state index contributed by atoms with van der Waals surface area (Å²) in [6.45, 7) is 0.445. The van der Waals surface area contributed by atoms with Crippen LogP contribution in [0.2, 0.25) is 0 Å². The Hall–Kier alpha value is -1.19. The molecule has 3 heteroatoms. The van der Waals surface area contributed by atoms with Crippen LogP contribution in [-0.4, -0.2) is 12.3 Å². The fourth-order valence-corrected chi connectivity index (χ4v) is 2.59. The van der Waals surface area contributed by atoms with Crippen LogP contribution in [0.15, 0.2) is 29.6 Å². The fourth-order valence-electron chi connectivity index (χ4n) is 1.63. The van der Waals surface area contributed by atoms with Gasteiger partial charge in [-0.1, -0.05) is 18.2 Å². The minimum Gasteiger partial charge on any atom is -0.330 e. The van der Waals surface area contributed by atoms with E-state index < -0.39 is 0 Å². The number of fused-ring (bicyclic) bond motifs is 1. The molecule has 2 aromatic rings. The molecule has 0 fully saturated rings. The van der Waals surface area contributed by atoms with Crippen LogP contribution >= 0.6 is 11.3 Å². The van der Waals surface area contributed by atoms with E-state index in [1.807, 2.05) is 12.1 Å². The summed E-state index contributed by atoms with van der Waals surface area (Å²) in [5, 5.41) is 3.27. The van der Waals surface area contributed by atoms with Gasteiger partial charge in [0.25, 0.3) is 0 Å². The van der Waals surface area contributed by atoms with Crippen molar-refractivity contribution in [3.05, 3.63) is 35.2 Å². The Morgan fingerprint density at radius 1 is 1.33 bits per heavy atom. The van der Waals surface area contributed by atoms with Gasteiger partial charge in [0, 0.05) is 17.5 Å². The minimum atomic E-state index is 0.223. The first-order valence-electron chi connectivity index (χ1n) is 4.98. The first kappa shape index (κ1) is 10.3. The second-order valence-electron chi connectivity index (χ2n) is 3.51. The second kappa shape index (κ2) is 4.55. The van der Waals surface area contributed by atoms with Gasteiger partial charge in [0.2, 0.25) is 0 Å². The lowest BCUT2D eigenvalue weighted by atomic mass is 10.1. The SMILES string of the molecule is NCCC(=O)Cc1csc2ccccc12. The summed E-state index contributed by atoms with van der Waals surface area (Å²) in [6.07, 6.45) is 0.991. The number of Topliss-reactive ketones (excluding diaryl/α,β-unsaturated/α-hetero) is 1. The number of rotatable bonds is 4. The van der Waals surface area contributed by atoms with Crippen LogP contribution in [0.3, 0.4) is 0 Å². The molecule has 1 aromatic carbocycles. The summed E-state index contributed by atoms with van der Waals surface area (Å²) in [5.41, 5.74) is 6.49. The Morgan fingerprint density at radius 2 is 2.13 bits per heavy atom. The molecule has 78 valence electrons. The van der Waals surface area contributed by atoms with Gasteiger partial charge in [0.15, 0.2) is 0 Å². The topological polar surface area (TPSA) is 43.1 Å². The third kappa shape index (κ3) is 2.25. The number of thiophene rings is 1. The van der Waals surface area contributed by atoms with E-state index in [0.29, 0.717) is 19.4 Å². The summed E-state index contributed by atoms with van der Waals surface area (Å²) in [6, 6.07) is 8.17. The van der Waals surface area contributed by atoms with E-state index in [0.717, 1.165) is 5.56 Å². The predicted octanol–water partition coefficient (Wildman–Crippen LogP) is 2.36. The van der Waals surface area contributed by atoms with Gasteiger partial charge in [-0.15, -0.1) is 11.3 Å². The molecule has 0 atom stereocenters. The van der Waals surface area contributed by atoms with Gasteiger partial charge in [-0.25, -0.2) is 0 Å².